The van der Waals surface area contributed by atoms with Crippen LogP contribution in [0.5, 0.6) is 0 Å². The van der Waals surface area contributed by atoms with Gasteiger partial charge in [-0.25, -0.2) is 0 Å². The average Bonchev–Trinajstić information content (AvgIpc) is 2.14. The molecule has 1 atom stereocenters. The van der Waals surface area contributed by atoms with Gasteiger partial charge in [0.15, 0.2) is 5.92 Å². The molecule has 0 fully saturated rings. The lowest BCUT2D eigenvalue weighted by molar-refractivity contribution is -0.203. The second-order valence-corrected chi connectivity index (χ2v) is 4.22. The first-order valence-electron chi connectivity index (χ1n) is 5.02. The van der Waals surface area contributed by atoms with Crippen molar-refractivity contribution >= 4 is 5.97 Å². The summed E-state index contributed by atoms with van der Waals surface area (Å²) in [6.07, 6.45) is -4.41. The molecule has 7 heteroatoms. The predicted octanol–water partition coefficient (Wildman–Crippen LogP) is 2.08. The topological polar surface area (TPSA) is 55.8 Å². The highest BCUT2D eigenvalue weighted by atomic mass is 19.4. The van der Waals surface area contributed by atoms with Gasteiger partial charge in [0.1, 0.15) is 0 Å². The summed E-state index contributed by atoms with van der Waals surface area (Å²) < 4.78 is 46.4. The molecule has 1 N–H and O–H groups in total. The third kappa shape index (κ3) is 6.48. The summed E-state index contributed by atoms with van der Waals surface area (Å²) in [5.74, 6) is -4.41. The van der Waals surface area contributed by atoms with E-state index in [9.17, 15) is 18.0 Å². The molecule has 0 aliphatic rings. The molecule has 0 aromatic carbocycles. The van der Waals surface area contributed by atoms with Crippen molar-refractivity contribution in [2.45, 2.75) is 32.0 Å². The fourth-order valence-corrected chi connectivity index (χ4v) is 0.927. The van der Waals surface area contributed by atoms with E-state index in [1.165, 1.54) is 7.11 Å². The minimum Gasteiger partial charge on any atom is -0.481 e. The summed E-state index contributed by atoms with van der Waals surface area (Å²) in [5, 5.41) is 8.39. The molecule has 0 saturated heterocycles. The van der Waals surface area contributed by atoms with Crippen LogP contribution in [0.2, 0.25) is 0 Å². The van der Waals surface area contributed by atoms with Gasteiger partial charge < -0.3 is 14.6 Å². The van der Waals surface area contributed by atoms with Crippen LogP contribution in [-0.2, 0) is 14.3 Å². The molecule has 4 nitrogen and oxygen atoms in total. The molecule has 0 aromatic rings. The Labute approximate surface area is 97.7 Å². The van der Waals surface area contributed by atoms with Gasteiger partial charge >= 0.3 is 12.1 Å². The lowest BCUT2D eigenvalue weighted by Crippen LogP contribution is -2.35. The SMILES string of the molecule is COC(C)(C)CCOCC(C(=O)O)C(F)(F)F. The van der Waals surface area contributed by atoms with E-state index in [0.29, 0.717) is 6.42 Å². The van der Waals surface area contributed by atoms with Crippen LogP contribution in [0.3, 0.4) is 0 Å². The molecule has 0 rings (SSSR count). The normalized spacial score (nSPS) is 14.7. The third-order valence-electron chi connectivity index (χ3n) is 2.38. The second-order valence-electron chi connectivity index (χ2n) is 4.22. The number of ether oxygens (including phenoxy) is 2. The molecule has 0 aromatic heterocycles. The average molecular weight is 258 g/mol. The number of hydrogen-bond donors (Lipinski definition) is 1. The molecular weight excluding hydrogens is 241 g/mol. The zero-order chi connectivity index (χ0) is 13.7. The molecule has 0 bridgehead atoms. The summed E-state index contributed by atoms with van der Waals surface area (Å²) in [5.41, 5.74) is -0.503. The van der Waals surface area contributed by atoms with Crippen molar-refractivity contribution < 1.29 is 32.5 Å². The predicted molar refractivity (Wildman–Crippen MR) is 53.7 cm³/mol. The van der Waals surface area contributed by atoms with Crippen molar-refractivity contribution in [3.05, 3.63) is 0 Å². The largest absolute Gasteiger partial charge is 0.481 e. The molecular formula is C10H17F3O4. The second kappa shape index (κ2) is 6.20. The Morgan fingerprint density at radius 3 is 2.24 bits per heavy atom. The number of aliphatic carboxylic acids is 1. The minimum absolute atomic E-state index is 0.0146. The maximum Gasteiger partial charge on any atom is 0.404 e. The molecule has 0 radical (unpaired) electrons. The highest BCUT2D eigenvalue weighted by Gasteiger charge is 2.45. The number of halogens is 3. The Bertz CT molecular complexity index is 250. The van der Waals surface area contributed by atoms with Crippen molar-refractivity contribution in [2.75, 3.05) is 20.3 Å². The van der Waals surface area contributed by atoms with E-state index in [1.54, 1.807) is 13.8 Å². The van der Waals surface area contributed by atoms with Gasteiger partial charge in [-0.05, 0) is 20.3 Å². The maximum atomic E-state index is 12.2. The molecule has 0 saturated carbocycles. The van der Waals surface area contributed by atoms with Crippen molar-refractivity contribution in [3.8, 4) is 0 Å². The molecule has 102 valence electrons. The van der Waals surface area contributed by atoms with Crippen LogP contribution in [0.15, 0.2) is 0 Å². The maximum absolute atomic E-state index is 12.2. The van der Waals surface area contributed by atoms with Gasteiger partial charge in [-0.3, -0.25) is 4.79 Å². The molecule has 0 spiro atoms. The first-order valence-corrected chi connectivity index (χ1v) is 5.02. The number of carbonyl (C=O) groups is 1. The van der Waals surface area contributed by atoms with E-state index in [4.69, 9.17) is 14.6 Å². The molecule has 0 aliphatic heterocycles. The number of rotatable bonds is 7. The van der Waals surface area contributed by atoms with E-state index in [0.717, 1.165) is 0 Å². The quantitative estimate of drug-likeness (QED) is 0.710. The summed E-state index contributed by atoms with van der Waals surface area (Å²) >= 11 is 0. The van der Waals surface area contributed by atoms with Gasteiger partial charge in [-0.1, -0.05) is 0 Å². The van der Waals surface area contributed by atoms with Crippen LogP contribution < -0.4 is 0 Å². The summed E-state index contributed by atoms with van der Waals surface area (Å²) in [7, 11) is 1.48. The van der Waals surface area contributed by atoms with E-state index < -0.39 is 30.3 Å². The Balaban J connectivity index is 4.05. The lowest BCUT2D eigenvalue weighted by atomic mass is 10.1. The van der Waals surface area contributed by atoms with Gasteiger partial charge in [-0.15, -0.1) is 0 Å². The van der Waals surface area contributed by atoms with Crippen LogP contribution >= 0.6 is 0 Å². The van der Waals surface area contributed by atoms with Crippen LogP contribution in [0.25, 0.3) is 0 Å². The first kappa shape index (κ1) is 16.2. The monoisotopic (exact) mass is 258 g/mol. The lowest BCUT2D eigenvalue weighted by Gasteiger charge is -2.23. The first-order chi connectivity index (χ1) is 7.60. The van der Waals surface area contributed by atoms with Gasteiger partial charge in [0.05, 0.1) is 12.2 Å². The van der Waals surface area contributed by atoms with Crippen molar-refractivity contribution in [2.24, 2.45) is 5.92 Å². The number of methoxy groups -OCH3 is 1. The van der Waals surface area contributed by atoms with Crippen molar-refractivity contribution in [1.82, 2.24) is 0 Å². The highest BCUT2D eigenvalue weighted by molar-refractivity contribution is 5.71. The highest BCUT2D eigenvalue weighted by Crippen LogP contribution is 2.26. The van der Waals surface area contributed by atoms with Crippen LogP contribution in [0.1, 0.15) is 20.3 Å². The smallest absolute Gasteiger partial charge is 0.404 e. The standard InChI is InChI=1S/C10H17F3O4/c1-9(2,16-3)4-5-17-6-7(8(14)15)10(11,12)13/h7H,4-6H2,1-3H3,(H,14,15). The number of carboxylic acids is 1. The minimum atomic E-state index is -4.79. The van der Waals surface area contributed by atoms with E-state index in [-0.39, 0.29) is 6.61 Å². The van der Waals surface area contributed by atoms with E-state index >= 15 is 0 Å². The Morgan fingerprint density at radius 1 is 1.35 bits per heavy atom. The van der Waals surface area contributed by atoms with E-state index in [2.05, 4.69) is 0 Å². The summed E-state index contributed by atoms with van der Waals surface area (Å²) in [6, 6.07) is 0. The van der Waals surface area contributed by atoms with Crippen LogP contribution in [0.4, 0.5) is 13.2 Å². The number of carboxylic acid groups (broad SMARTS) is 1. The number of alkyl halides is 3. The van der Waals surface area contributed by atoms with E-state index in [1.807, 2.05) is 0 Å². The molecule has 1 unspecified atom stereocenters. The molecule has 0 heterocycles. The zero-order valence-electron chi connectivity index (χ0n) is 10.0. The Kier molecular flexibility index (Phi) is 5.91. The van der Waals surface area contributed by atoms with Crippen molar-refractivity contribution in [1.29, 1.82) is 0 Å². The Hall–Kier alpha value is -0.820. The number of hydrogen-bond acceptors (Lipinski definition) is 3. The van der Waals surface area contributed by atoms with Gasteiger partial charge in [-0.2, -0.15) is 13.2 Å². The fraction of sp³-hybridized carbons (Fsp3) is 0.900. The summed E-state index contributed by atoms with van der Waals surface area (Å²) in [4.78, 5) is 10.4. The van der Waals surface area contributed by atoms with Crippen LogP contribution in [0, 0.1) is 5.92 Å². The Morgan fingerprint density at radius 2 is 1.88 bits per heavy atom. The van der Waals surface area contributed by atoms with Crippen LogP contribution in [-0.4, -0.2) is 43.2 Å². The molecule has 0 aliphatic carbocycles. The zero-order valence-corrected chi connectivity index (χ0v) is 10.0. The van der Waals surface area contributed by atoms with Gasteiger partial charge in [0.2, 0.25) is 0 Å². The van der Waals surface area contributed by atoms with Gasteiger partial charge in [0, 0.05) is 13.7 Å². The fourth-order valence-electron chi connectivity index (χ4n) is 0.927. The molecule has 17 heavy (non-hydrogen) atoms. The molecule has 0 amide bonds. The third-order valence-corrected chi connectivity index (χ3v) is 2.38. The summed E-state index contributed by atoms with van der Waals surface area (Å²) in [6.45, 7) is 2.66. The van der Waals surface area contributed by atoms with Gasteiger partial charge in [0.25, 0.3) is 0 Å². The van der Waals surface area contributed by atoms with Crippen molar-refractivity contribution in [3.63, 3.8) is 0 Å².